The monoisotopic (exact) mass is 516 g/mol. The fourth-order valence-corrected chi connectivity index (χ4v) is 4.52. The number of benzene rings is 2. The normalized spacial score (nSPS) is 12.5. The van der Waals surface area contributed by atoms with Crippen molar-refractivity contribution in [2.45, 2.75) is 91.4 Å². The van der Waals surface area contributed by atoms with Gasteiger partial charge in [0.15, 0.2) is 0 Å². The summed E-state index contributed by atoms with van der Waals surface area (Å²) in [6.45, 7) is 6.71. The van der Waals surface area contributed by atoms with Gasteiger partial charge in [0, 0.05) is 22.8 Å². The SMILES string of the molecule is CCCCCCc1cccc(C2=CC(CCCC)=C(c3cccc(CCCC)c3)[N+]2=[N-])c1.[CH3-].[CH3-].[Ni+2]. The Kier molecular flexibility index (Phi) is 16.5. The van der Waals surface area contributed by atoms with E-state index in [0.717, 1.165) is 54.6 Å². The fraction of sp³-hybridized carbons (Fsp3) is 0.438. The van der Waals surface area contributed by atoms with Gasteiger partial charge in [0.2, 0.25) is 11.4 Å². The molecule has 0 atom stereocenters. The smallest absolute Gasteiger partial charge is 0.493 e. The second-order valence-corrected chi connectivity index (χ2v) is 9.13. The number of rotatable bonds is 13. The van der Waals surface area contributed by atoms with Crippen LogP contribution in [0.15, 0.2) is 60.2 Å². The topological polar surface area (TPSA) is 25.3 Å². The molecule has 2 nitrogen and oxygen atoms in total. The van der Waals surface area contributed by atoms with E-state index in [1.807, 2.05) is 0 Å². The maximum atomic E-state index is 11.3. The molecule has 0 unspecified atom stereocenters. The van der Waals surface area contributed by atoms with Gasteiger partial charge in [-0.3, -0.25) is 0 Å². The molecule has 0 amide bonds. The van der Waals surface area contributed by atoms with Gasteiger partial charge in [0.25, 0.3) is 0 Å². The molecule has 1 aliphatic rings. The molecule has 0 saturated heterocycles. The Morgan fingerprint density at radius 3 is 1.83 bits per heavy atom. The minimum Gasteiger partial charge on any atom is -0.493 e. The number of nitrogens with zero attached hydrogens (tertiary/aromatic N) is 2. The summed E-state index contributed by atoms with van der Waals surface area (Å²) in [5.41, 5.74) is 19.4. The number of allylic oxidation sites excluding steroid dienone is 2. The van der Waals surface area contributed by atoms with E-state index >= 15 is 0 Å². The van der Waals surface area contributed by atoms with Gasteiger partial charge in [-0.1, -0.05) is 77.1 Å². The average Bonchev–Trinajstić information content (AvgIpc) is 3.15. The summed E-state index contributed by atoms with van der Waals surface area (Å²) in [7, 11) is 0. The van der Waals surface area contributed by atoms with Crippen molar-refractivity contribution in [3.05, 3.63) is 103 Å². The van der Waals surface area contributed by atoms with E-state index in [1.165, 1.54) is 59.9 Å². The van der Waals surface area contributed by atoms with Crippen LogP contribution in [0.3, 0.4) is 0 Å². The molecule has 2 aromatic carbocycles. The van der Waals surface area contributed by atoms with Crippen LogP contribution in [-0.2, 0) is 29.3 Å². The van der Waals surface area contributed by atoms with E-state index in [2.05, 4.69) is 75.4 Å². The Labute approximate surface area is 226 Å². The van der Waals surface area contributed by atoms with Gasteiger partial charge in [-0.05, 0) is 73.9 Å². The van der Waals surface area contributed by atoms with Crippen molar-refractivity contribution in [1.29, 1.82) is 0 Å². The zero-order chi connectivity index (χ0) is 22.8. The minimum absolute atomic E-state index is 0. The van der Waals surface area contributed by atoms with Crippen molar-refractivity contribution in [1.82, 2.24) is 0 Å². The van der Waals surface area contributed by atoms with E-state index < -0.39 is 0 Å². The van der Waals surface area contributed by atoms with Gasteiger partial charge in [-0.15, -0.1) is 0 Å². The van der Waals surface area contributed by atoms with Gasteiger partial charge in [-0.25, -0.2) is 4.70 Å². The largest absolute Gasteiger partial charge is 2.00 e. The summed E-state index contributed by atoms with van der Waals surface area (Å²) in [6.07, 6.45) is 15.2. The van der Waals surface area contributed by atoms with Gasteiger partial charge >= 0.3 is 16.5 Å². The molecule has 0 N–H and O–H groups in total. The molecule has 3 rings (SSSR count). The van der Waals surface area contributed by atoms with Crippen LogP contribution >= 0.6 is 0 Å². The molecule has 1 aliphatic heterocycles. The van der Waals surface area contributed by atoms with Gasteiger partial charge in [0.1, 0.15) is 0 Å². The van der Waals surface area contributed by atoms with Crippen molar-refractivity contribution in [2.24, 2.45) is 0 Å². The molecular weight excluding hydrogens is 471 g/mol. The van der Waals surface area contributed by atoms with Crippen LogP contribution < -0.4 is 0 Å². The van der Waals surface area contributed by atoms with E-state index in [4.69, 9.17) is 0 Å². The molecule has 0 aliphatic carbocycles. The van der Waals surface area contributed by atoms with Crippen LogP contribution in [0.1, 0.15) is 101 Å². The molecule has 0 bridgehead atoms. The van der Waals surface area contributed by atoms with E-state index in [-0.39, 0.29) is 31.3 Å². The third-order valence-electron chi connectivity index (χ3n) is 6.42. The fourth-order valence-electron chi connectivity index (χ4n) is 4.52. The summed E-state index contributed by atoms with van der Waals surface area (Å²) in [6, 6.07) is 17.5. The summed E-state index contributed by atoms with van der Waals surface area (Å²) < 4.78 is 1.44. The van der Waals surface area contributed by atoms with Crippen molar-refractivity contribution in [2.75, 3.05) is 0 Å². The summed E-state index contributed by atoms with van der Waals surface area (Å²) >= 11 is 0. The van der Waals surface area contributed by atoms with Crippen molar-refractivity contribution >= 4 is 11.4 Å². The maximum Gasteiger partial charge on any atom is 2.00 e. The van der Waals surface area contributed by atoms with E-state index in [9.17, 15) is 5.53 Å². The zero-order valence-electron chi connectivity index (χ0n) is 22.7. The molecule has 0 aromatic heterocycles. The molecule has 0 radical (unpaired) electrons. The Hall–Kier alpha value is -1.99. The molecular formula is C32H46N2Ni. The standard InChI is InChI=1S/C30H40N2.2CH3.Ni/c1-4-7-10-11-15-25-16-12-19-26(21-25)29-23-28(18-9-6-3)30(32(29)31)27-20-13-17-24(22-27)14-8-5-2;;;/h12-13,16-17,19-23H,4-11,14-15,18H2,1-3H3;2*1H3;/q;2*-1;+2. The molecule has 1 heterocycles. The van der Waals surface area contributed by atoms with Crippen LogP contribution in [0.2, 0.25) is 0 Å². The molecule has 3 heteroatoms. The Balaban J connectivity index is 0.00000385. The van der Waals surface area contributed by atoms with Crippen LogP contribution in [0, 0.1) is 14.9 Å². The van der Waals surface area contributed by atoms with Crippen LogP contribution in [0.5, 0.6) is 0 Å². The second-order valence-electron chi connectivity index (χ2n) is 9.13. The Morgan fingerprint density at radius 1 is 0.657 bits per heavy atom. The van der Waals surface area contributed by atoms with Crippen LogP contribution in [0.25, 0.3) is 16.9 Å². The van der Waals surface area contributed by atoms with E-state index in [1.54, 1.807) is 0 Å². The van der Waals surface area contributed by atoms with Crippen molar-refractivity contribution in [3.8, 4) is 0 Å². The molecule has 0 fully saturated rings. The second kappa shape index (κ2) is 17.4. The maximum absolute atomic E-state index is 11.3. The number of unbranched alkanes of at least 4 members (excludes halogenated alkanes) is 5. The zero-order valence-corrected chi connectivity index (χ0v) is 23.7. The van der Waals surface area contributed by atoms with Gasteiger partial charge in [-0.2, -0.15) is 0 Å². The third kappa shape index (κ3) is 9.19. The first-order valence-electron chi connectivity index (χ1n) is 12.8. The minimum atomic E-state index is 0. The Bertz CT molecular complexity index is 971. The molecule has 35 heavy (non-hydrogen) atoms. The first kappa shape index (κ1) is 33.0. The summed E-state index contributed by atoms with van der Waals surface area (Å²) in [5.74, 6) is 0. The molecule has 194 valence electrons. The summed E-state index contributed by atoms with van der Waals surface area (Å²) in [4.78, 5) is 0. The van der Waals surface area contributed by atoms with Crippen LogP contribution in [0.4, 0.5) is 0 Å². The van der Waals surface area contributed by atoms with Gasteiger partial charge in [0.05, 0.1) is 0 Å². The quantitative estimate of drug-likeness (QED) is 0.109. The molecule has 0 spiro atoms. The van der Waals surface area contributed by atoms with E-state index in [0.29, 0.717) is 0 Å². The molecule has 2 aromatic rings. The first-order chi connectivity index (χ1) is 15.7. The van der Waals surface area contributed by atoms with Crippen molar-refractivity contribution < 1.29 is 21.2 Å². The molecule has 0 saturated carbocycles. The first-order valence-corrected chi connectivity index (χ1v) is 12.8. The number of hydrogen-bond donors (Lipinski definition) is 0. The van der Waals surface area contributed by atoms with Crippen molar-refractivity contribution in [3.63, 3.8) is 0 Å². The van der Waals surface area contributed by atoms with Crippen LogP contribution in [-0.4, -0.2) is 4.70 Å². The average molecular weight is 517 g/mol. The summed E-state index contributed by atoms with van der Waals surface area (Å²) in [5, 5.41) is 0. The predicted molar refractivity (Wildman–Crippen MR) is 150 cm³/mol. The number of aryl methyl sites for hydroxylation is 2. The third-order valence-corrected chi connectivity index (χ3v) is 6.42. The van der Waals surface area contributed by atoms with Gasteiger partial charge < -0.3 is 20.4 Å². The Morgan fingerprint density at radius 2 is 1.20 bits per heavy atom. The number of hydrogen-bond acceptors (Lipinski definition) is 0. The predicted octanol–water partition coefficient (Wildman–Crippen LogP) is 10.0.